The molecule has 0 atom stereocenters. The van der Waals surface area contributed by atoms with E-state index in [0.717, 1.165) is 0 Å². The van der Waals surface area contributed by atoms with Gasteiger partial charge in [-0.1, -0.05) is 224 Å². The molecule has 68 heavy (non-hydrogen) atoms. The van der Waals surface area contributed by atoms with E-state index < -0.39 is 0 Å². The van der Waals surface area contributed by atoms with E-state index in [9.17, 15) is 0 Å². The first-order chi connectivity index (χ1) is 33.8. The molecule has 0 aromatic heterocycles. The van der Waals surface area contributed by atoms with Crippen molar-refractivity contribution < 1.29 is 0 Å². The molecule has 0 aliphatic heterocycles. The molecule has 0 saturated heterocycles. The van der Waals surface area contributed by atoms with Gasteiger partial charge in [0.25, 0.3) is 0 Å². The van der Waals surface area contributed by atoms with Gasteiger partial charge >= 0.3 is 0 Å². The Labute approximate surface area is 393 Å². The van der Waals surface area contributed by atoms with Crippen LogP contribution in [0.3, 0.4) is 0 Å². The molecule has 0 spiro atoms. The number of benzene rings is 13. The van der Waals surface area contributed by atoms with E-state index in [1.165, 1.54) is 153 Å². The van der Waals surface area contributed by atoms with E-state index in [2.05, 4.69) is 243 Å². The average Bonchev–Trinajstić information content (AvgIpc) is 3.91. The number of rotatable bonds is 5. The predicted molar refractivity (Wildman–Crippen MR) is 294 cm³/mol. The maximum Gasteiger partial charge on any atom is -0.000697 e. The maximum absolute atomic E-state index is 2.55. The second-order valence-corrected chi connectivity index (χ2v) is 18.6. The summed E-state index contributed by atoms with van der Waals surface area (Å²) in [7, 11) is 0. The quantitative estimate of drug-likeness (QED) is 0.151. The van der Waals surface area contributed by atoms with Crippen LogP contribution in [0.25, 0.3) is 153 Å². The first-order valence-electron chi connectivity index (χ1n) is 23.8. The smallest absolute Gasteiger partial charge is 0.000697 e. The fourth-order valence-corrected chi connectivity index (χ4v) is 12.3. The van der Waals surface area contributed by atoms with Gasteiger partial charge < -0.3 is 0 Å². The molecule has 0 nitrogen and oxygen atoms in total. The highest BCUT2D eigenvalue weighted by atomic mass is 14.3. The van der Waals surface area contributed by atoms with Crippen LogP contribution in [0.4, 0.5) is 0 Å². The van der Waals surface area contributed by atoms with Gasteiger partial charge in [-0.2, -0.15) is 0 Å². The summed E-state index contributed by atoms with van der Waals surface area (Å²) >= 11 is 0. The summed E-state index contributed by atoms with van der Waals surface area (Å²) in [6.45, 7) is 0. The molecule has 0 heteroatoms. The van der Waals surface area contributed by atoms with Gasteiger partial charge in [0.05, 0.1) is 0 Å². The zero-order valence-electron chi connectivity index (χ0n) is 37.1. The minimum atomic E-state index is 1.21. The third-order valence-corrected chi connectivity index (χ3v) is 15.1. The molecule has 0 bridgehead atoms. The van der Waals surface area contributed by atoms with Gasteiger partial charge in [-0.25, -0.2) is 0 Å². The highest BCUT2D eigenvalue weighted by Gasteiger charge is 2.28. The van der Waals surface area contributed by atoms with Gasteiger partial charge in [0.2, 0.25) is 0 Å². The Morgan fingerprint density at radius 1 is 0.162 bits per heavy atom. The van der Waals surface area contributed by atoms with Gasteiger partial charge in [0.15, 0.2) is 0 Å². The number of hydrogen-bond acceptors (Lipinski definition) is 0. The minimum absolute atomic E-state index is 1.21. The van der Waals surface area contributed by atoms with Crippen molar-refractivity contribution in [1.82, 2.24) is 0 Å². The average molecular weight is 857 g/mol. The van der Waals surface area contributed by atoms with Crippen LogP contribution in [-0.2, 0) is 0 Å². The largest absolute Gasteiger partial charge is 0.0622 e. The van der Waals surface area contributed by atoms with Crippen molar-refractivity contribution in [1.29, 1.82) is 0 Å². The summed E-state index contributed by atoms with van der Waals surface area (Å²) in [6, 6.07) is 90.9. The lowest BCUT2D eigenvalue weighted by Crippen LogP contribution is -1.93. The molecular formula is C68H40. The number of fused-ring (bicyclic) bond motifs is 11. The Hall–Kier alpha value is -8.84. The summed E-state index contributed by atoms with van der Waals surface area (Å²) in [4.78, 5) is 0. The van der Waals surface area contributed by atoms with Crippen molar-refractivity contribution in [2.24, 2.45) is 0 Å². The van der Waals surface area contributed by atoms with Crippen LogP contribution >= 0.6 is 0 Å². The normalized spacial score (nSPS) is 12.1. The summed E-state index contributed by atoms with van der Waals surface area (Å²) in [5.41, 5.74) is 12.5. The monoisotopic (exact) mass is 856 g/mol. The van der Waals surface area contributed by atoms with E-state index in [4.69, 9.17) is 0 Å². The van der Waals surface area contributed by atoms with Crippen molar-refractivity contribution >= 4 is 97.0 Å². The summed E-state index contributed by atoms with van der Waals surface area (Å²) in [5.74, 6) is 0. The van der Waals surface area contributed by atoms with Crippen LogP contribution in [0.5, 0.6) is 0 Å². The zero-order valence-corrected chi connectivity index (χ0v) is 37.1. The third-order valence-electron chi connectivity index (χ3n) is 15.1. The van der Waals surface area contributed by atoms with Crippen molar-refractivity contribution in [2.75, 3.05) is 0 Å². The second kappa shape index (κ2) is 14.3. The molecule has 312 valence electrons. The Morgan fingerprint density at radius 2 is 0.676 bits per heavy atom. The molecule has 0 saturated carbocycles. The Balaban J connectivity index is 1.15. The fourth-order valence-electron chi connectivity index (χ4n) is 12.3. The highest BCUT2D eigenvalue weighted by Crippen LogP contribution is 2.56. The third kappa shape index (κ3) is 5.20. The van der Waals surface area contributed by atoms with Crippen LogP contribution in [0.15, 0.2) is 243 Å². The highest BCUT2D eigenvalue weighted by molar-refractivity contribution is 6.46. The summed E-state index contributed by atoms with van der Waals surface area (Å²) < 4.78 is 0. The standard InChI is InChI=1S/C68H40/c1-4-18-41(19-5-1)47-25-12-15-29-52(47)65-60-40-58-51-28-14-13-27-50(51)53-30-16-32-55(63(53)58)66(60)62(44-23-8-3-9-24-44)68-59-38-45-34-35-46(39-57(45)54-31-17-33-56(64(54)59)67(65)68)61-48-26-11-10-22-43(48)36-37-49(61)42-20-6-2-7-21-42/h1-40H. The van der Waals surface area contributed by atoms with E-state index >= 15 is 0 Å². The molecule has 0 heterocycles. The molecule has 0 fully saturated rings. The molecule has 0 unspecified atom stereocenters. The Kier molecular flexibility index (Phi) is 7.88. The first-order valence-corrected chi connectivity index (χ1v) is 23.8. The van der Waals surface area contributed by atoms with Crippen LogP contribution < -0.4 is 0 Å². The van der Waals surface area contributed by atoms with Gasteiger partial charge in [0.1, 0.15) is 0 Å². The van der Waals surface area contributed by atoms with Crippen LogP contribution in [0.1, 0.15) is 0 Å². The van der Waals surface area contributed by atoms with Crippen LogP contribution in [-0.4, -0.2) is 0 Å². The van der Waals surface area contributed by atoms with Gasteiger partial charge in [-0.15, -0.1) is 0 Å². The summed E-state index contributed by atoms with van der Waals surface area (Å²) in [5, 5.41) is 23.3. The van der Waals surface area contributed by atoms with E-state index in [1.54, 1.807) is 0 Å². The molecule has 0 radical (unpaired) electrons. The van der Waals surface area contributed by atoms with E-state index in [0.29, 0.717) is 0 Å². The lowest BCUT2D eigenvalue weighted by Gasteiger charge is -2.20. The van der Waals surface area contributed by atoms with Gasteiger partial charge in [-0.05, 0) is 171 Å². The van der Waals surface area contributed by atoms with Crippen LogP contribution in [0.2, 0.25) is 0 Å². The summed E-state index contributed by atoms with van der Waals surface area (Å²) in [6.07, 6.45) is 0. The molecule has 15 aromatic carbocycles. The molecule has 15 aromatic rings. The zero-order chi connectivity index (χ0) is 44.5. The van der Waals surface area contributed by atoms with Gasteiger partial charge in [-0.3, -0.25) is 0 Å². The Bertz CT molecular complexity index is 4510. The Morgan fingerprint density at radius 3 is 1.41 bits per heavy atom. The van der Waals surface area contributed by atoms with Crippen LogP contribution in [0, 0.1) is 0 Å². The maximum atomic E-state index is 2.55. The lowest BCUT2D eigenvalue weighted by molar-refractivity contribution is 1.61. The molecule has 15 rings (SSSR count). The fraction of sp³-hybridized carbons (Fsp3) is 0. The van der Waals surface area contributed by atoms with E-state index in [1.807, 2.05) is 0 Å². The molecule has 0 N–H and O–H groups in total. The first kappa shape index (κ1) is 37.4. The van der Waals surface area contributed by atoms with E-state index in [-0.39, 0.29) is 0 Å². The number of hydrogen-bond donors (Lipinski definition) is 0. The topological polar surface area (TPSA) is 0 Å². The molecule has 0 aliphatic carbocycles. The van der Waals surface area contributed by atoms with Crippen molar-refractivity contribution in [3.8, 4) is 55.6 Å². The van der Waals surface area contributed by atoms with Gasteiger partial charge in [0, 0.05) is 0 Å². The predicted octanol–water partition coefficient (Wildman–Crippen LogP) is 19.3. The molecule has 0 aliphatic rings. The SMILES string of the molecule is c1ccc(-c2ccccc2-c2c3cc4c5ccccc5c5cccc(c3c(-c3ccccc3)c3c6cc7ccc(-c8c(-c9ccccc9)ccc9ccccc89)cc7c7cccc(c23)c76)c54)cc1. The van der Waals surface area contributed by atoms with Crippen molar-refractivity contribution in [2.45, 2.75) is 0 Å². The minimum Gasteiger partial charge on any atom is -0.0622 e. The second-order valence-electron chi connectivity index (χ2n) is 18.6. The lowest BCUT2D eigenvalue weighted by atomic mass is 9.82. The van der Waals surface area contributed by atoms with Crippen molar-refractivity contribution in [3.05, 3.63) is 243 Å². The molecule has 0 amide bonds. The molecular weight excluding hydrogens is 817 g/mol. The van der Waals surface area contributed by atoms with Crippen molar-refractivity contribution in [3.63, 3.8) is 0 Å².